The molecule has 0 aliphatic carbocycles. The molecule has 6 heteroatoms. The molecular weight excluding hydrogens is 180 g/mol. The third kappa shape index (κ3) is 1.95. The van der Waals surface area contributed by atoms with Gasteiger partial charge in [0.15, 0.2) is 0 Å². The maximum atomic E-state index is 4.00. The fourth-order valence-electron chi connectivity index (χ4n) is 1.28. The average molecular weight is 192 g/mol. The van der Waals surface area contributed by atoms with Crippen LogP contribution < -0.4 is 0 Å². The van der Waals surface area contributed by atoms with Crippen LogP contribution in [0.4, 0.5) is 0 Å². The molecule has 2 aromatic heterocycles. The Morgan fingerprint density at radius 3 is 1.64 bits per heavy atom. The summed E-state index contributed by atoms with van der Waals surface area (Å²) in [6.07, 6.45) is 5.53. The van der Waals surface area contributed by atoms with Crippen LogP contribution in [0, 0.1) is 0 Å². The van der Waals surface area contributed by atoms with E-state index in [0.29, 0.717) is 0 Å². The Balaban J connectivity index is 1.94. The fourth-order valence-corrected chi connectivity index (χ4v) is 1.28. The van der Waals surface area contributed by atoms with E-state index in [4.69, 9.17) is 0 Å². The van der Waals surface area contributed by atoms with Gasteiger partial charge in [0.2, 0.25) is 0 Å². The Labute approximate surface area is 81.5 Å². The van der Waals surface area contributed by atoms with Crippen molar-refractivity contribution < 1.29 is 0 Å². The lowest BCUT2D eigenvalue weighted by molar-refractivity contribution is 0.710. The number of nitrogens with zero attached hydrogens (tertiary/aromatic N) is 6. The molecule has 6 nitrogen and oxygen atoms in total. The van der Waals surface area contributed by atoms with Crippen molar-refractivity contribution in [1.82, 2.24) is 30.0 Å². The Hall–Kier alpha value is -1.72. The summed E-state index contributed by atoms with van der Waals surface area (Å²) >= 11 is 0. The van der Waals surface area contributed by atoms with Crippen molar-refractivity contribution in [2.24, 2.45) is 14.1 Å². The van der Waals surface area contributed by atoms with Gasteiger partial charge in [0.05, 0.1) is 11.4 Å². The molecular formula is C8H12N6. The summed E-state index contributed by atoms with van der Waals surface area (Å²) in [6, 6.07) is 0. The predicted octanol–water partition coefficient (Wildman–Crippen LogP) is -0.271. The highest BCUT2D eigenvalue weighted by atomic mass is 15.4. The van der Waals surface area contributed by atoms with Crippen molar-refractivity contribution in [3.05, 3.63) is 23.8 Å². The molecule has 0 spiro atoms. The second kappa shape index (κ2) is 3.57. The molecule has 2 heterocycles. The number of hydrogen-bond acceptors (Lipinski definition) is 4. The molecule has 0 radical (unpaired) electrons. The van der Waals surface area contributed by atoms with Crippen LogP contribution in [0.5, 0.6) is 0 Å². The smallest absolute Gasteiger partial charge is 0.0830 e. The minimum Gasteiger partial charge on any atom is -0.255 e. The zero-order valence-electron chi connectivity index (χ0n) is 8.25. The molecule has 0 saturated carbocycles. The van der Waals surface area contributed by atoms with Crippen LogP contribution in [-0.4, -0.2) is 30.0 Å². The summed E-state index contributed by atoms with van der Waals surface area (Å²) in [5, 5.41) is 15.7. The van der Waals surface area contributed by atoms with Gasteiger partial charge in [-0.25, -0.2) is 0 Å². The Kier molecular flexibility index (Phi) is 2.26. The molecule has 0 aromatic carbocycles. The van der Waals surface area contributed by atoms with E-state index in [-0.39, 0.29) is 0 Å². The average Bonchev–Trinajstić information content (AvgIpc) is 2.72. The lowest BCUT2D eigenvalue weighted by atomic mass is 10.2. The summed E-state index contributed by atoms with van der Waals surface area (Å²) in [4.78, 5) is 0. The monoisotopic (exact) mass is 192 g/mol. The largest absolute Gasteiger partial charge is 0.255 e. The van der Waals surface area contributed by atoms with Crippen molar-refractivity contribution in [1.29, 1.82) is 0 Å². The Morgan fingerprint density at radius 1 is 0.929 bits per heavy atom. The van der Waals surface area contributed by atoms with Crippen LogP contribution in [0.25, 0.3) is 0 Å². The second-order valence-corrected chi connectivity index (χ2v) is 3.27. The first kappa shape index (κ1) is 8.86. The summed E-state index contributed by atoms with van der Waals surface area (Å²) in [7, 11) is 3.72. The molecule has 0 atom stereocenters. The molecule has 0 amide bonds. The van der Waals surface area contributed by atoms with Gasteiger partial charge in [-0.3, -0.25) is 9.36 Å². The highest BCUT2D eigenvalue weighted by Crippen LogP contribution is 2.00. The number of aryl methyl sites for hydroxylation is 4. The van der Waals surface area contributed by atoms with Gasteiger partial charge in [-0.1, -0.05) is 10.4 Å². The van der Waals surface area contributed by atoms with Gasteiger partial charge in [0, 0.05) is 26.5 Å². The molecule has 2 aromatic rings. The van der Waals surface area contributed by atoms with Crippen LogP contribution in [0.15, 0.2) is 12.4 Å². The van der Waals surface area contributed by atoms with Gasteiger partial charge in [-0.15, -0.1) is 10.2 Å². The van der Waals surface area contributed by atoms with E-state index in [0.717, 1.165) is 24.2 Å². The SMILES string of the molecule is Cn1cc(CCc2cn(C)nn2)nn1. The predicted molar refractivity (Wildman–Crippen MR) is 49.4 cm³/mol. The van der Waals surface area contributed by atoms with Crippen LogP contribution in [-0.2, 0) is 26.9 Å². The van der Waals surface area contributed by atoms with Crippen molar-refractivity contribution in [3.8, 4) is 0 Å². The van der Waals surface area contributed by atoms with Gasteiger partial charge in [0.25, 0.3) is 0 Å². The molecule has 14 heavy (non-hydrogen) atoms. The zero-order valence-corrected chi connectivity index (χ0v) is 8.25. The molecule has 0 saturated heterocycles. The van der Waals surface area contributed by atoms with Gasteiger partial charge < -0.3 is 0 Å². The van der Waals surface area contributed by atoms with E-state index in [2.05, 4.69) is 20.6 Å². The van der Waals surface area contributed by atoms with Crippen molar-refractivity contribution in [2.45, 2.75) is 12.8 Å². The van der Waals surface area contributed by atoms with E-state index in [1.54, 1.807) is 9.36 Å². The molecule has 0 N–H and O–H groups in total. The molecule has 0 fully saturated rings. The molecule has 0 unspecified atom stereocenters. The Bertz CT molecular complexity index is 375. The number of hydrogen-bond donors (Lipinski definition) is 0. The second-order valence-electron chi connectivity index (χ2n) is 3.27. The standard InChI is InChI=1S/C8H12N6/c1-13-5-7(9-11-13)3-4-8-6-14(2)12-10-8/h5-6H,3-4H2,1-2H3. The fraction of sp³-hybridized carbons (Fsp3) is 0.500. The molecule has 0 bridgehead atoms. The summed E-state index contributed by atoms with van der Waals surface area (Å²) in [6.45, 7) is 0. The first-order valence-corrected chi connectivity index (χ1v) is 4.44. The van der Waals surface area contributed by atoms with E-state index in [1.807, 2.05) is 26.5 Å². The topological polar surface area (TPSA) is 61.4 Å². The lowest BCUT2D eigenvalue weighted by Crippen LogP contribution is -1.92. The van der Waals surface area contributed by atoms with Crippen LogP contribution >= 0.6 is 0 Å². The van der Waals surface area contributed by atoms with Crippen molar-refractivity contribution >= 4 is 0 Å². The zero-order chi connectivity index (χ0) is 9.97. The third-order valence-electron chi connectivity index (χ3n) is 1.94. The maximum absolute atomic E-state index is 4.00. The Morgan fingerprint density at radius 2 is 1.36 bits per heavy atom. The van der Waals surface area contributed by atoms with Crippen LogP contribution in [0.3, 0.4) is 0 Å². The number of rotatable bonds is 3. The first-order valence-electron chi connectivity index (χ1n) is 4.44. The maximum Gasteiger partial charge on any atom is 0.0830 e. The quantitative estimate of drug-likeness (QED) is 0.671. The molecule has 0 aliphatic rings. The highest BCUT2D eigenvalue weighted by Gasteiger charge is 2.02. The third-order valence-corrected chi connectivity index (χ3v) is 1.94. The molecule has 0 aliphatic heterocycles. The normalized spacial score (nSPS) is 10.7. The van der Waals surface area contributed by atoms with Crippen LogP contribution in [0.1, 0.15) is 11.4 Å². The highest BCUT2D eigenvalue weighted by molar-refractivity contribution is 4.99. The summed E-state index contributed by atoms with van der Waals surface area (Å²) in [5.74, 6) is 0. The van der Waals surface area contributed by atoms with E-state index < -0.39 is 0 Å². The van der Waals surface area contributed by atoms with Gasteiger partial charge >= 0.3 is 0 Å². The minimum atomic E-state index is 0.854. The molecule has 74 valence electrons. The van der Waals surface area contributed by atoms with E-state index in [9.17, 15) is 0 Å². The minimum absolute atomic E-state index is 0.854. The van der Waals surface area contributed by atoms with Crippen LogP contribution in [0.2, 0.25) is 0 Å². The van der Waals surface area contributed by atoms with Crippen molar-refractivity contribution in [2.75, 3.05) is 0 Å². The lowest BCUT2D eigenvalue weighted by Gasteiger charge is -1.90. The first-order chi connectivity index (χ1) is 6.74. The van der Waals surface area contributed by atoms with Crippen molar-refractivity contribution in [3.63, 3.8) is 0 Å². The van der Waals surface area contributed by atoms with E-state index >= 15 is 0 Å². The van der Waals surface area contributed by atoms with Gasteiger partial charge in [-0.05, 0) is 12.8 Å². The van der Waals surface area contributed by atoms with Gasteiger partial charge in [0.1, 0.15) is 0 Å². The molecule has 2 rings (SSSR count). The van der Waals surface area contributed by atoms with E-state index in [1.165, 1.54) is 0 Å². The summed E-state index contributed by atoms with van der Waals surface area (Å²) < 4.78 is 3.40. The summed E-state index contributed by atoms with van der Waals surface area (Å²) in [5.41, 5.74) is 1.97. The van der Waals surface area contributed by atoms with Gasteiger partial charge in [-0.2, -0.15) is 0 Å². The number of aromatic nitrogens is 6.